The van der Waals surface area contributed by atoms with E-state index in [4.69, 9.17) is 4.74 Å². The summed E-state index contributed by atoms with van der Waals surface area (Å²) in [5.74, 6) is 0.741. The van der Waals surface area contributed by atoms with Crippen LogP contribution in [-0.2, 0) is 4.74 Å². The van der Waals surface area contributed by atoms with Crippen LogP contribution in [0.1, 0.15) is 44.9 Å². The van der Waals surface area contributed by atoms with Crippen molar-refractivity contribution in [3.05, 3.63) is 17.3 Å². The molecular weight excluding hydrogens is 279 g/mol. The van der Waals surface area contributed by atoms with E-state index in [-0.39, 0.29) is 7.41 Å². The minimum atomic E-state index is 0.136. The van der Waals surface area contributed by atoms with Crippen molar-refractivity contribution in [1.82, 2.24) is 9.97 Å². The van der Waals surface area contributed by atoms with Crippen LogP contribution in [0.15, 0.2) is 17.5 Å². The second kappa shape index (κ2) is 7.67. The molecule has 2 heterocycles. The zero-order valence-corrected chi connectivity index (χ0v) is 13.0. The Morgan fingerprint density at radius 1 is 1.05 bits per heavy atom. The van der Waals surface area contributed by atoms with Gasteiger partial charge >= 0.3 is 7.41 Å². The number of hydrogen-bond donors (Lipinski definition) is 0. The Morgan fingerprint density at radius 2 is 1.68 bits per heavy atom. The second-order valence-corrected chi connectivity index (χ2v) is 6.26. The highest BCUT2D eigenvalue weighted by molar-refractivity contribution is 6.51. The quantitative estimate of drug-likeness (QED) is 0.609. The van der Waals surface area contributed by atoms with Gasteiger partial charge in [0.25, 0.3) is 0 Å². The third-order valence-corrected chi connectivity index (χ3v) is 4.60. The molecule has 1 aliphatic carbocycles. The average molecular weight is 302 g/mol. The molecule has 2 aliphatic rings. The molecule has 0 N–H and O–H groups in total. The van der Waals surface area contributed by atoms with E-state index in [1.54, 1.807) is 12.4 Å². The number of hydrogen-bond acceptors (Lipinski definition) is 6. The van der Waals surface area contributed by atoms with Crippen LogP contribution < -0.4 is 10.4 Å². The molecule has 6 nitrogen and oxygen atoms in total. The molecule has 22 heavy (non-hydrogen) atoms. The molecule has 3 rings (SSSR count). The standard InChI is InChI=1S/C15H23BN4O2/c21-19-16-12-10-17-15(18-11-12)20-8-6-14(7-9-20)22-13-4-2-1-3-5-13/h10-11,13-14,16H,1-9H2. The first-order valence-electron chi connectivity index (χ1n) is 8.35. The molecule has 0 aromatic carbocycles. The van der Waals surface area contributed by atoms with Crippen LogP contribution in [0.4, 0.5) is 5.95 Å². The Morgan fingerprint density at radius 3 is 2.32 bits per heavy atom. The molecule has 1 aromatic rings. The topological polar surface area (TPSA) is 67.7 Å². The molecule has 1 saturated carbocycles. The van der Waals surface area contributed by atoms with Gasteiger partial charge in [0.05, 0.1) is 12.2 Å². The van der Waals surface area contributed by atoms with Gasteiger partial charge in [0.15, 0.2) is 0 Å². The van der Waals surface area contributed by atoms with Crippen LogP contribution in [0.3, 0.4) is 0 Å². The lowest BCUT2D eigenvalue weighted by Crippen LogP contribution is -2.39. The number of rotatable bonds is 5. The molecule has 0 amide bonds. The van der Waals surface area contributed by atoms with Gasteiger partial charge in [-0.15, -0.1) is 5.09 Å². The van der Waals surface area contributed by atoms with Crippen LogP contribution in [0.5, 0.6) is 0 Å². The average Bonchev–Trinajstić information content (AvgIpc) is 2.58. The lowest BCUT2D eigenvalue weighted by Gasteiger charge is -2.34. The highest BCUT2D eigenvalue weighted by Crippen LogP contribution is 2.25. The summed E-state index contributed by atoms with van der Waals surface area (Å²) in [6, 6.07) is 0. The number of piperidine rings is 1. The van der Waals surface area contributed by atoms with Crippen molar-refractivity contribution >= 4 is 18.8 Å². The van der Waals surface area contributed by atoms with Gasteiger partial charge in [-0.3, -0.25) is 0 Å². The molecule has 0 unspecified atom stereocenters. The monoisotopic (exact) mass is 302 g/mol. The Kier molecular flexibility index (Phi) is 5.37. The third-order valence-electron chi connectivity index (χ3n) is 4.60. The van der Waals surface area contributed by atoms with Crippen LogP contribution >= 0.6 is 0 Å². The first-order valence-corrected chi connectivity index (χ1v) is 8.35. The van der Waals surface area contributed by atoms with Crippen LogP contribution in [0, 0.1) is 4.91 Å². The number of aromatic nitrogens is 2. The second-order valence-electron chi connectivity index (χ2n) is 6.26. The SMILES string of the molecule is O=NBc1cnc(N2CCC(OC3CCCCC3)CC2)nc1. The molecule has 1 aliphatic heterocycles. The van der Waals surface area contributed by atoms with Crippen molar-refractivity contribution in [2.75, 3.05) is 18.0 Å². The Balaban J connectivity index is 1.47. The molecule has 0 bridgehead atoms. The zero-order chi connectivity index (χ0) is 15.2. The lowest BCUT2D eigenvalue weighted by atomic mass is 9.88. The normalized spacial score (nSPS) is 20.8. The number of anilines is 1. The van der Waals surface area contributed by atoms with Gasteiger partial charge in [-0.05, 0) is 31.1 Å². The summed E-state index contributed by atoms with van der Waals surface area (Å²) in [5.41, 5.74) is 0.759. The van der Waals surface area contributed by atoms with Crippen molar-refractivity contribution in [1.29, 1.82) is 0 Å². The summed E-state index contributed by atoms with van der Waals surface area (Å²) in [4.78, 5) is 21.1. The minimum absolute atomic E-state index is 0.136. The predicted molar refractivity (Wildman–Crippen MR) is 87.8 cm³/mol. The molecule has 0 atom stereocenters. The summed E-state index contributed by atoms with van der Waals surface area (Å²) in [7, 11) is 0.136. The van der Waals surface area contributed by atoms with Gasteiger partial charge in [0.2, 0.25) is 5.95 Å². The predicted octanol–water partition coefficient (Wildman–Crippen LogP) is 1.54. The van der Waals surface area contributed by atoms with E-state index >= 15 is 0 Å². The number of nitroso groups, excluding NO2 is 1. The molecule has 7 heteroatoms. The van der Waals surface area contributed by atoms with E-state index in [0.717, 1.165) is 37.3 Å². The maximum absolute atomic E-state index is 10.2. The van der Waals surface area contributed by atoms with Gasteiger partial charge in [-0.1, -0.05) is 19.3 Å². The molecule has 2 fully saturated rings. The fraction of sp³-hybridized carbons (Fsp3) is 0.733. The van der Waals surface area contributed by atoms with Gasteiger partial charge in [-0.25, -0.2) is 9.97 Å². The summed E-state index contributed by atoms with van der Waals surface area (Å²) >= 11 is 0. The summed E-state index contributed by atoms with van der Waals surface area (Å²) in [6.45, 7) is 1.87. The third kappa shape index (κ3) is 4.03. The molecule has 0 radical (unpaired) electrons. The maximum Gasteiger partial charge on any atom is 0.355 e. The van der Waals surface area contributed by atoms with Crippen molar-refractivity contribution in [3.8, 4) is 0 Å². The van der Waals surface area contributed by atoms with Gasteiger partial charge in [-0.2, -0.15) is 4.91 Å². The Bertz CT molecular complexity index is 471. The van der Waals surface area contributed by atoms with E-state index in [0.29, 0.717) is 12.2 Å². The summed E-state index contributed by atoms with van der Waals surface area (Å²) in [6.07, 6.45) is 12.8. The molecule has 1 aromatic heterocycles. The highest BCUT2D eigenvalue weighted by atomic mass is 16.5. The number of nitrogens with zero attached hydrogens (tertiary/aromatic N) is 4. The smallest absolute Gasteiger partial charge is 0.355 e. The molecule has 1 saturated heterocycles. The fourth-order valence-electron chi connectivity index (χ4n) is 3.33. The van der Waals surface area contributed by atoms with Crippen molar-refractivity contribution < 1.29 is 4.74 Å². The van der Waals surface area contributed by atoms with Crippen molar-refractivity contribution in [3.63, 3.8) is 0 Å². The minimum Gasteiger partial charge on any atom is -0.375 e. The van der Waals surface area contributed by atoms with E-state index in [9.17, 15) is 4.91 Å². The molecule has 0 spiro atoms. The van der Waals surface area contributed by atoms with E-state index in [1.807, 2.05) is 0 Å². The van der Waals surface area contributed by atoms with E-state index < -0.39 is 0 Å². The molecule has 118 valence electrons. The summed E-state index contributed by atoms with van der Waals surface area (Å²) in [5, 5.41) is 2.85. The Labute approximate surface area is 131 Å². The van der Waals surface area contributed by atoms with Gasteiger partial charge < -0.3 is 9.64 Å². The fourth-order valence-corrected chi connectivity index (χ4v) is 3.33. The maximum atomic E-state index is 10.2. The van der Waals surface area contributed by atoms with Crippen molar-refractivity contribution in [2.24, 2.45) is 5.09 Å². The summed E-state index contributed by atoms with van der Waals surface area (Å²) < 4.78 is 6.25. The van der Waals surface area contributed by atoms with Crippen LogP contribution in [0.25, 0.3) is 0 Å². The van der Waals surface area contributed by atoms with Gasteiger partial charge in [0.1, 0.15) is 0 Å². The number of ether oxygens (including phenoxy) is 1. The first-order chi connectivity index (χ1) is 10.8. The van der Waals surface area contributed by atoms with E-state index in [2.05, 4.69) is 20.0 Å². The highest BCUT2D eigenvalue weighted by Gasteiger charge is 2.24. The van der Waals surface area contributed by atoms with Crippen LogP contribution in [-0.4, -0.2) is 42.7 Å². The zero-order valence-electron chi connectivity index (χ0n) is 13.0. The first kappa shape index (κ1) is 15.4. The van der Waals surface area contributed by atoms with E-state index in [1.165, 1.54) is 32.1 Å². The van der Waals surface area contributed by atoms with Crippen LogP contribution in [0.2, 0.25) is 0 Å². The molecular formula is C15H23BN4O2. The lowest BCUT2D eigenvalue weighted by molar-refractivity contribution is -0.0396. The largest absolute Gasteiger partial charge is 0.375 e. The van der Waals surface area contributed by atoms with Crippen molar-refractivity contribution in [2.45, 2.75) is 57.2 Å². The van der Waals surface area contributed by atoms with Gasteiger partial charge in [0, 0.05) is 25.5 Å². The Hall–Kier alpha value is -1.50.